The number of carbonyl (C=O) groups is 1. The molecule has 1 aromatic carbocycles. The zero-order valence-electron chi connectivity index (χ0n) is 8.99. The van der Waals surface area contributed by atoms with Gasteiger partial charge in [-0.3, -0.25) is 4.79 Å². The van der Waals surface area contributed by atoms with Gasteiger partial charge in [0.05, 0.1) is 0 Å². The molecule has 0 unspecified atom stereocenters. The molecule has 0 heterocycles. The van der Waals surface area contributed by atoms with Gasteiger partial charge in [0.2, 0.25) is 5.91 Å². The van der Waals surface area contributed by atoms with Crippen molar-refractivity contribution in [3.63, 3.8) is 0 Å². The Morgan fingerprint density at radius 1 is 1.40 bits per heavy atom. The summed E-state index contributed by atoms with van der Waals surface area (Å²) in [6.07, 6.45) is 1.96. The number of aryl methyl sites for hydroxylation is 1. The second-order valence-corrected chi connectivity index (χ2v) is 3.48. The third-order valence-corrected chi connectivity index (χ3v) is 2.19. The van der Waals surface area contributed by atoms with Crippen LogP contribution in [-0.4, -0.2) is 17.6 Å². The van der Waals surface area contributed by atoms with Crippen LogP contribution in [0.25, 0.3) is 0 Å². The minimum atomic E-state index is 0.0418. The summed E-state index contributed by atoms with van der Waals surface area (Å²) in [4.78, 5) is 11.3. The van der Waals surface area contributed by atoms with Crippen LogP contribution in [0.5, 0.6) is 5.75 Å². The molecule has 0 aromatic heterocycles. The van der Waals surface area contributed by atoms with Crippen molar-refractivity contribution in [2.75, 3.05) is 6.54 Å². The molecule has 0 bridgehead atoms. The van der Waals surface area contributed by atoms with E-state index >= 15 is 0 Å². The number of benzene rings is 1. The van der Waals surface area contributed by atoms with Crippen LogP contribution in [0, 0.1) is 0 Å². The molecule has 3 nitrogen and oxygen atoms in total. The third-order valence-electron chi connectivity index (χ3n) is 2.19. The molecule has 0 saturated carbocycles. The first-order chi connectivity index (χ1) is 7.24. The quantitative estimate of drug-likeness (QED) is 0.774. The third kappa shape index (κ3) is 4.02. The van der Waals surface area contributed by atoms with Gasteiger partial charge < -0.3 is 10.4 Å². The summed E-state index contributed by atoms with van der Waals surface area (Å²) >= 11 is 0. The fourth-order valence-electron chi connectivity index (χ4n) is 1.32. The van der Waals surface area contributed by atoms with E-state index < -0.39 is 0 Å². The highest BCUT2D eigenvalue weighted by atomic mass is 16.3. The molecule has 0 fully saturated rings. The van der Waals surface area contributed by atoms with Crippen molar-refractivity contribution in [3.8, 4) is 5.75 Å². The van der Waals surface area contributed by atoms with Gasteiger partial charge in [0.1, 0.15) is 5.75 Å². The maximum atomic E-state index is 11.3. The molecular weight excluding hydrogens is 190 g/mol. The molecule has 1 amide bonds. The van der Waals surface area contributed by atoms with Crippen LogP contribution in [0.15, 0.2) is 24.3 Å². The maximum Gasteiger partial charge on any atom is 0.220 e. The Labute approximate surface area is 90.1 Å². The average Bonchev–Trinajstić information content (AvgIpc) is 2.25. The molecule has 0 radical (unpaired) electrons. The number of nitrogens with one attached hydrogen (secondary N) is 1. The van der Waals surface area contributed by atoms with E-state index in [1.54, 1.807) is 12.1 Å². The molecule has 0 aliphatic heterocycles. The number of amides is 1. The van der Waals surface area contributed by atoms with Gasteiger partial charge in [0.15, 0.2) is 0 Å². The molecule has 0 aliphatic rings. The second-order valence-electron chi connectivity index (χ2n) is 3.48. The Morgan fingerprint density at radius 3 is 2.80 bits per heavy atom. The van der Waals surface area contributed by atoms with E-state index in [4.69, 9.17) is 0 Å². The van der Waals surface area contributed by atoms with Crippen LogP contribution in [0.2, 0.25) is 0 Å². The summed E-state index contributed by atoms with van der Waals surface area (Å²) in [6, 6.07) is 7.11. The van der Waals surface area contributed by atoms with E-state index in [1.807, 2.05) is 19.1 Å². The van der Waals surface area contributed by atoms with Gasteiger partial charge in [-0.2, -0.15) is 0 Å². The lowest BCUT2D eigenvalue weighted by Gasteiger charge is -2.04. The van der Waals surface area contributed by atoms with Crippen molar-refractivity contribution in [2.45, 2.75) is 26.2 Å². The summed E-state index contributed by atoms with van der Waals surface area (Å²) in [5, 5.41) is 12.3. The zero-order chi connectivity index (χ0) is 11.1. The van der Waals surface area contributed by atoms with Crippen LogP contribution in [0.4, 0.5) is 0 Å². The fraction of sp³-hybridized carbons (Fsp3) is 0.417. The lowest BCUT2D eigenvalue weighted by atomic mass is 10.1. The van der Waals surface area contributed by atoms with E-state index in [1.165, 1.54) is 0 Å². The van der Waals surface area contributed by atoms with Crippen LogP contribution in [0.1, 0.15) is 25.3 Å². The monoisotopic (exact) mass is 207 g/mol. The van der Waals surface area contributed by atoms with Crippen molar-refractivity contribution in [1.82, 2.24) is 5.32 Å². The fourth-order valence-corrected chi connectivity index (χ4v) is 1.32. The summed E-state index contributed by atoms with van der Waals surface area (Å²) in [5.74, 6) is 0.306. The van der Waals surface area contributed by atoms with Crippen LogP contribution in [-0.2, 0) is 11.2 Å². The van der Waals surface area contributed by atoms with Gasteiger partial charge in [0.25, 0.3) is 0 Å². The first-order valence-corrected chi connectivity index (χ1v) is 5.27. The standard InChI is InChI=1S/C12H17NO2/c1-2-9-13-12(15)8-7-10-5-3-4-6-11(10)14/h3-6,14H,2,7-9H2,1H3,(H,13,15). The molecule has 1 rings (SSSR count). The summed E-state index contributed by atoms with van der Waals surface area (Å²) in [7, 11) is 0. The van der Waals surface area contributed by atoms with Gasteiger partial charge >= 0.3 is 0 Å². The van der Waals surface area contributed by atoms with E-state index in [0.29, 0.717) is 12.8 Å². The highest BCUT2D eigenvalue weighted by molar-refractivity contribution is 5.76. The van der Waals surface area contributed by atoms with Crippen molar-refractivity contribution in [2.24, 2.45) is 0 Å². The van der Waals surface area contributed by atoms with Gasteiger partial charge in [-0.25, -0.2) is 0 Å². The molecular formula is C12H17NO2. The van der Waals surface area contributed by atoms with Crippen LogP contribution >= 0.6 is 0 Å². The van der Waals surface area contributed by atoms with Crippen LogP contribution in [0.3, 0.4) is 0 Å². The topological polar surface area (TPSA) is 49.3 Å². The number of carbonyl (C=O) groups excluding carboxylic acids is 1. The van der Waals surface area contributed by atoms with Gasteiger partial charge in [-0.15, -0.1) is 0 Å². The number of para-hydroxylation sites is 1. The molecule has 0 spiro atoms. The molecule has 0 aliphatic carbocycles. The molecule has 82 valence electrons. The number of hydrogen-bond donors (Lipinski definition) is 2. The summed E-state index contributed by atoms with van der Waals surface area (Å²) in [5.41, 5.74) is 0.823. The summed E-state index contributed by atoms with van der Waals surface area (Å²) in [6.45, 7) is 2.74. The molecule has 2 N–H and O–H groups in total. The Morgan fingerprint density at radius 2 is 2.13 bits per heavy atom. The van der Waals surface area contributed by atoms with Gasteiger partial charge in [0, 0.05) is 13.0 Å². The highest BCUT2D eigenvalue weighted by Crippen LogP contribution is 2.16. The Kier molecular flexibility index (Phi) is 4.68. The Hall–Kier alpha value is -1.51. The lowest BCUT2D eigenvalue weighted by Crippen LogP contribution is -2.24. The molecule has 0 atom stereocenters. The number of phenolic OH excluding ortho intramolecular Hbond substituents is 1. The molecule has 15 heavy (non-hydrogen) atoms. The first-order valence-electron chi connectivity index (χ1n) is 5.27. The van der Waals surface area contributed by atoms with Gasteiger partial charge in [-0.05, 0) is 24.5 Å². The largest absolute Gasteiger partial charge is 0.508 e. The van der Waals surface area contributed by atoms with Crippen molar-refractivity contribution >= 4 is 5.91 Å². The van der Waals surface area contributed by atoms with Crippen molar-refractivity contribution in [1.29, 1.82) is 0 Å². The normalized spacial score (nSPS) is 9.93. The Bertz CT molecular complexity index is 323. The SMILES string of the molecule is CCCNC(=O)CCc1ccccc1O. The zero-order valence-corrected chi connectivity index (χ0v) is 8.99. The predicted molar refractivity (Wildman–Crippen MR) is 59.7 cm³/mol. The number of hydrogen-bond acceptors (Lipinski definition) is 2. The smallest absolute Gasteiger partial charge is 0.220 e. The first kappa shape index (κ1) is 11.6. The average molecular weight is 207 g/mol. The molecule has 1 aromatic rings. The maximum absolute atomic E-state index is 11.3. The Balaban J connectivity index is 2.37. The van der Waals surface area contributed by atoms with Gasteiger partial charge in [-0.1, -0.05) is 25.1 Å². The van der Waals surface area contributed by atoms with E-state index in [9.17, 15) is 9.90 Å². The minimum absolute atomic E-state index is 0.0418. The van der Waals surface area contributed by atoms with Crippen molar-refractivity contribution < 1.29 is 9.90 Å². The van der Waals surface area contributed by atoms with Crippen LogP contribution < -0.4 is 5.32 Å². The summed E-state index contributed by atoms with van der Waals surface area (Å²) < 4.78 is 0. The molecule has 0 saturated heterocycles. The van der Waals surface area contributed by atoms with E-state index in [0.717, 1.165) is 18.5 Å². The number of rotatable bonds is 5. The number of phenols is 1. The molecule has 3 heteroatoms. The van der Waals surface area contributed by atoms with E-state index in [-0.39, 0.29) is 11.7 Å². The predicted octanol–water partition coefficient (Wildman–Crippen LogP) is 1.85. The van der Waals surface area contributed by atoms with E-state index in [2.05, 4.69) is 5.32 Å². The minimum Gasteiger partial charge on any atom is -0.508 e. The number of aromatic hydroxyl groups is 1. The lowest BCUT2D eigenvalue weighted by molar-refractivity contribution is -0.121. The second kappa shape index (κ2) is 6.06. The van der Waals surface area contributed by atoms with Crippen molar-refractivity contribution in [3.05, 3.63) is 29.8 Å². The highest BCUT2D eigenvalue weighted by Gasteiger charge is 2.03.